The average Bonchev–Trinajstić information content (AvgIpc) is 2.94. The van der Waals surface area contributed by atoms with Crippen molar-refractivity contribution in [2.75, 3.05) is 13.1 Å². The zero-order valence-electron chi connectivity index (χ0n) is 11.4. The number of urea groups is 1. The summed E-state index contributed by atoms with van der Waals surface area (Å²) < 4.78 is 0. The second-order valence-electron chi connectivity index (χ2n) is 4.26. The van der Waals surface area contributed by atoms with Gasteiger partial charge in [0.2, 0.25) is 5.91 Å². The Morgan fingerprint density at radius 1 is 1.15 bits per heavy atom. The van der Waals surface area contributed by atoms with Crippen LogP contribution in [0, 0.1) is 5.92 Å². The highest BCUT2D eigenvalue weighted by molar-refractivity contribution is 7.12. The predicted molar refractivity (Wildman–Crippen MR) is 76.2 cm³/mol. The van der Waals surface area contributed by atoms with E-state index in [2.05, 4.69) is 21.5 Å². The highest BCUT2D eigenvalue weighted by Crippen LogP contribution is 2.06. The van der Waals surface area contributed by atoms with Crippen LogP contribution in [-0.2, 0) is 4.79 Å². The van der Waals surface area contributed by atoms with Crippen molar-refractivity contribution < 1.29 is 14.4 Å². The molecule has 0 atom stereocenters. The van der Waals surface area contributed by atoms with E-state index in [9.17, 15) is 14.4 Å². The lowest BCUT2D eigenvalue weighted by atomic mass is 10.2. The molecule has 8 heteroatoms. The van der Waals surface area contributed by atoms with E-state index in [-0.39, 0.29) is 24.3 Å². The molecule has 0 bridgehead atoms. The molecule has 4 N–H and O–H groups in total. The fourth-order valence-electron chi connectivity index (χ4n) is 1.19. The van der Waals surface area contributed by atoms with Gasteiger partial charge in [-0.15, -0.1) is 11.3 Å². The van der Waals surface area contributed by atoms with E-state index in [4.69, 9.17) is 0 Å². The van der Waals surface area contributed by atoms with Gasteiger partial charge in [-0.3, -0.25) is 15.0 Å². The maximum Gasteiger partial charge on any atom is 0.333 e. The van der Waals surface area contributed by atoms with Crippen LogP contribution in [0.3, 0.4) is 0 Å². The van der Waals surface area contributed by atoms with Gasteiger partial charge in [-0.2, -0.15) is 0 Å². The van der Waals surface area contributed by atoms with Crippen molar-refractivity contribution in [1.82, 2.24) is 21.5 Å². The molecule has 0 radical (unpaired) electrons. The third kappa shape index (κ3) is 5.70. The van der Waals surface area contributed by atoms with Gasteiger partial charge >= 0.3 is 6.03 Å². The van der Waals surface area contributed by atoms with Gasteiger partial charge < -0.3 is 10.6 Å². The molecule has 0 aliphatic rings. The van der Waals surface area contributed by atoms with Gasteiger partial charge in [-0.25, -0.2) is 10.2 Å². The van der Waals surface area contributed by atoms with E-state index in [1.54, 1.807) is 31.4 Å². The lowest BCUT2D eigenvalue weighted by Gasteiger charge is -2.10. The van der Waals surface area contributed by atoms with Crippen LogP contribution in [0.2, 0.25) is 0 Å². The fraction of sp³-hybridized carbons (Fsp3) is 0.417. The lowest BCUT2D eigenvalue weighted by Crippen LogP contribution is -2.48. The summed E-state index contributed by atoms with van der Waals surface area (Å²) in [5.41, 5.74) is 4.50. The van der Waals surface area contributed by atoms with Crippen molar-refractivity contribution in [2.24, 2.45) is 5.92 Å². The van der Waals surface area contributed by atoms with Crippen molar-refractivity contribution in [3.63, 3.8) is 0 Å². The molecule has 110 valence electrons. The Kier molecular flexibility index (Phi) is 6.51. The van der Waals surface area contributed by atoms with Crippen LogP contribution >= 0.6 is 11.3 Å². The second-order valence-corrected chi connectivity index (χ2v) is 5.21. The Balaban J connectivity index is 2.12. The minimum atomic E-state index is -0.534. The summed E-state index contributed by atoms with van der Waals surface area (Å²) in [5.74, 6) is -0.532. The summed E-state index contributed by atoms with van der Waals surface area (Å²) in [4.78, 5) is 34.6. The summed E-state index contributed by atoms with van der Waals surface area (Å²) in [5, 5.41) is 6.93. The predicted octanol–water partition coefficient (Wildman–Crippen LogP) is 0.464. The highest BCUT2D eigenvalue weighted by atomic mass is 32.1. The molecule has 0 aromatic carbocycles. The number of hydrogen-bond acceptors (Lipinski definition) is 4. The van der Waals surface area contributed by atoms with E-state index in [0.717, 1.165) is 0 Å². The molecule has 0 saturated carbocycles. The molecule has 0 aliphatic carbocycles. The molecular formula is C12H18N4O3S. The van der Waals surface area contributed by atoms with Gasteiger partial charge in [0.1, 0.15) is 0 Å². The molecule has 4 amide bonds. The summed E-state index contributed by atoms with van der Waals surface area (Å²) >= 11 is 1.28. The first kappa shape index (κ1) is 16.0. The third-order valence-corrected chi connectivity index (χ3v) is 3.14. The lowest BCUT2D eigenvalue weighted by molar-refractivity contribution is -0.123. The molecule has 0 aliphatic heterocycles. The molecule has 0 unspecified atom stereocenters. The fourth-order valence-corrected chi connectivity index (χ4v) is 1.81. The topological polar surface area (TPSA) is 99.3 Å². The quantitative estimate of drug-likeness (QED) is 0.469. The molecule has 1 aromatic rings. The Morgan fingerprint density at radius 2 is 1.85 bits per heavy atom. The normalized spacial score (nSPS) is 9.95. The number of carbonyl (C=O) groups is 3. The number of amides is 4. The number of nitrogens with one attached hydrogen (secondary N) is 4. The van der Waals surface area contributed by atoms with Crippen LogP contribution in [0.1, 0.15) is 23.5 Å². The van der Waals surface area contributed by atoms with Gasteiger partial charge in [0.05, 0.1) is 4.88 Å². The van der Waals surface area contributed by atoms with E-state index in [1.807, 2.05) is 0 Å². The molecule has 0 fully saturated rings. The summed E-state index contributed by atoms with van der Waals surface area (Å²) in [6.07, 6.45) is 0. The van der Waals surface area contributed by atoms with Crippen molar-refractivity contribution in [3.8, 4) is 0 Å². The van der Waals surface area contributed by atoms with Crippen LogP contribution in [0.4, 0.5) is 4.79 Å². The van der Waals surface area contributed by atoms with E-state index >= 15 is 0 Å². The number of hydrazine groups is 1. The highest BCUT2D eigenvalue weighted by Gasteiger charge is 2.08. The maximum absolute atomic E-state index is 11.5. The molecular weight excluding hydrogens is 280 g/mol. The van der Waals surface area contributed by atoms with Gasteiger partial charge in [-0.05, 0) is 11.4 Å². The van der Waals surface area contributed by atoms with Gasteiger partial charge in [0, 0.05) is 19.0 Å². The second kappa shape index (κ2) is 8.16. The Labute approximate surface area is 121 Å². The van der Waals surface area contributed by atoms with Gasteiger partial charge in [0.15, 0.2) is 0 Å². The standard InChI is InChI=1S/C12H18N4O3S/c1-8(2)10(17)13-5-6-14-12(19)16-15-11(18)9-4-3-7-20-9/h3-4,7-8H,5-6H2,1-2H3,(H,13,17)(H,15,18)(H2,14,16,19). The molecule has 7 nitrogen and oxygen atoms in total. The number of carbonyl (C=O) groups excluding carboxylic acids is 3. The third-order valence-electron chi connectivity index (χ3n) is 2.27. The van der Waals surface area contributed by atoms with Crippen LogP contribution < -0.4 is 21.5 Å². The molecule has 0 spiro atoms. The Bertz CT molecular complexity index is 459. The summed E-state index contributed by atoms with van der Waals surface area (Å²) in [6, 6.07) is 2.87. The summed E-state index contributed by atoms with van der Waals surface area (Å²) in [6.45, 7) is 4.19. The van der Waals surface area contributed by atoms with Gasteiger partial charge in [0.25, 0.3) is 5.91 Å². The minimum absolute atomic E-state index is 0.0711. The van der Waals surface area contributed by atoms with Crippen molar-refractivity contribution in [1.29, 1.82) is 0 Å². The minimum Gasteiger partial charge on any atom is -0.354 e. The Morgan fingerprint density at radius 3 is 2.45 bits per heavy atom. The van der Waals surface area contributed by atoms with Crippen molar-refractivity contribution in [2.45, 2.75) is 13.8 Å². The largest absolute Gasteiger partial charge is 0.354 e. The van der Waals surface area contributed by atoms with Crippen LogP contribution in [0.25, 0.3) is 0 Å². The average molecular weight is 298 g/mol. The SMILES string of the molecule is CC(C)C(=O)NCCNC(=O)NNC(=O)c1cccs1. The molecule has 0 saturated heterocycles. The van der Waals surface area contributed by atoms with Gasteiger partial charge in [-0.1, -0.05) is 19.9 Å². The summed E-state index contributed by atoms with van der Waals surface area (Å²) in [7, 11) is 0. The van der Waals surface area contributed by atoms with Crippen LogP contribution in [0.15, 0.2) is 17.5 Å². The molecule has 20 heavy (non-hydrogen) atoms. The van der Waals surface area contributed by atoms with Crippen LogP contribution in [0.5, 0.6) is 0 Å². The zero-order valence-corrected chi connectivity index (χ0v) is 12.2. The first-order valence-corrected chi connectivity index (χ1v) is 7.04. The number of hydrogen-bond donors (Lipinski definition) is 4. The number of thiophene rings is 1. The van der Waals surface area contributed by atoms with E-state index in [0.29, 0.717) is 11.4 Å². The molecule has 1 rings (SSSR count). The maximum atomic E-state index is 11.5. The van der Waals surface area contributed by atoms with Crippen LogP contribution in [-0.4, -0.2) is 30.9 Å². The zero-order chi connectivity index (χ0) is 15.0. The van der Waals surface area contributed by atoms with E-state index in [1.165, 1.54) is 11.3 Å². The smallest absolute Gasteiger partial charge is 0.333 e. The molecule has 1 aromatic heterocycles. The van der Waals surface area contributed by atoms with E-state index < -0.39 is 6.03 Å². The Hall–Kier alpha value is -2.09. The van der Waals surface area contributed by atoms with Crippen molar-refractivity contribution >= 4 is 29.2 Å². The monoisotopic (exact) mass is 298 g/mol. The number of rotatable bonds is 5. The first-order valence-electron chi connectivity index (χ1n) is 6.16. The molecule has 1 heterocycles. The van der Waals surface area contributed by atoms with Crippen molar-refractivity contribution in [3.05, 3.63) is 22.4 Å². The first-order chi connectivity index (χ1) is 9.50.